The lowest BCUT2D eigenvalue weighted by molar-refractivity contribution is -0.163. The normalized spacial score (nSPS) is 12.4. The van der Waals surface area contributed by atoms with Crippen molar-refractivity contribution in [1.82, 2.24) is 0 Å². The van der Waals surface area contributed by atoms with Crippen LogP contribution < -0.4 is 0 Å². The first-order valence-corrected chi connectivity index (χ1v) is 31.2. The highest BCUT2D eigenvalue weighted by Gasteiger charge is 2.18. The van der Waals surface area contributed by atoms with Crippen molar-refractivity contribution in [2.75, 3.05) is 19.8 Å². The van der Waals surface area contributed by atoms with Crippen molar-refractivity contribution in [3.63, 3.8) is 0 Å². The molecule has 0 N–H and O–H groups in total. The number of esters is 2. The summed E-state index contributed by atoms with van der Waals surface area (Å²) in [6, 6.07) is 0. The molecule has 0 fully saturated rings. The zero-order chi connectivity index (χ0) is 50.6. The molecular weight excluding hydrogens is 861 g/mol. The molecule has 1 atom stereocenters. The van der Waals surface area contributed by atoms with Gasteiger partial charge in [-0.15, -0.1) is 0 Å². The maximum atomic E-state index is 12.9. The first kappa shape index (κ1) is 67.9. The van der Waals surface area contributed by atoms with Crippen LogP contribution in [0.15, 0.2) is 48.6 Å². The highest BCUT2D eigenvalue weighted by Crippen LogP contribution is 2.17. The Labute approximate surface area is 437 Å². The maximum absolute atomic E-state index is 12.9. The number of rotatable bonds is 58. The van der Waals surface area contributed by atoms with Gasteiger partial charge in [0.25, 0.3) is 0 Å². The lowest BCUT2D eigenvalue weighted by Gasteiger charge is -2.18. The molecule has 1 unspecified atom stereocenters. The number of hydrogen-bond donors (Lipinski definition) is 0. The molecule has 0 heterocycles. The smallest absolute Gasteiger partial charge is 0.306 e. The van der Waals surface area contributed by atoms with Gasteiger partial charge in [-0.05, 0) is 77.0 Å². The van der Waals surface area contributed by atoms with Gasteiger partial charge >= 0.3 is 11.9 Å². The minimum Gasteiger partial charge on any atom is -0.462 e. The van der Waals surface area contributed by atoms with E-state index < -0.39 is 6.10 Å². The molecule has 0 radical (unpaired) electrons. The first-order valence-electron chi connectivity index (χ1n) is 31.2. The topological polar surface area (TPSA) is 61.8 Å². The summed E-state index contributed by atoms with van der Waals surface area (Å²) in [4.78, 5) is 25.6. The van der Waals surface area contributed by atoms with Gasteiger partial charge in [0.05, 0.1) is 6.61 Å². The van der Waals surface area contributed by atoms with Crippen LogP contribution in [0, 0.1) is 0 Å². The monoisotopic (exact) mass is 981 g/mol. The van der Waals surface area contributed by atoms with Crippen LogP contribution in [0.1, 0.15) is 329 Å². The van der Waals surface area contributed by atoms with Crippen LogP contribution in [0.25, 0.3) is 0 Å². The Bertz CT molecular complexity index is 1150. The molecule has 5 nitrogen and oxygen atoms in total. The van der Waals surface area contributed by atoms with Crippen LogP contribution in [0.2, 0.25) is 0 Å². The van der Waals surface area contributed by atoms with Gasteiger partial charge in [0.15, 0.2) is 6.10 Å². The highest BCUT2D eigenvalue weighted by molar-refractivity contribution is 5.70. The number of unbranched alkanes of at least 4 members (excludes halogenated alkanes) is 39. The summed E-state index contributed by atoms with van der Waals surface area (Å²) in [6.45, 7) is 7.76. The molecule has 0 rings (SSSR count). The van der Waals surface area contributed by atoms with Gasteiger partial charge in [0, 0.05) is 19.4 Å². The minimum atomic E-state index is -0.541. The summed E-state index contributed by atoms with van der Waals surface area (Å²) in [5.41, 5.74) is 0. The van der Waals surface area contributed by atoms with Crippen molar-refractivity contribution < 1.29 is 23.8 Å². The van der Waals surface area contributed by atoms with Crippen molar-refractivity contribution in [3.8, 4) is 0 Å². The van der Waals surface area contributed by atoms with E-state index in [2.05, 4.69) is 69.4 Å². The Morgan fingerprint density at radius 3 is 1.04 bits per heavy atom. The zero-order valence-corrected chi connectivity index (χ0v) is 47.3. The first-order chi connectivity index (χ1) is 34.6. The molecule has 5 heteroatoms. The third-order valence-corrected chi connectivity index (χ3v) is 13.8. The van der Waals surface area contributed by atoms with Gasteiger partial charge in [-0.25, -0.2) is 0 Å². The summed E-state index contributed by atoms with van der Waals surface area (Å²) >= 11 is 0. The molecule has 410 valence electrons. The van der Waals surface area contributed by atoms with Crippen molar-refractivity contribution in [3.05, 3.63) is 48.6 Å². The van der Waals surface area contributed by atoms with Crippen LogP contribution >= 0.6 is 0 Å². The van der Waals surface area contributed by atoms with Crippen LogP contribution in [0.4, 0.5) is 0 Å². The lowest BCUT2D eigenvalue weighted by atomic mass is 10.0. The lowest BCUT2D eigenvalue weighted by Crippen LogP contribution is -2.30. The molecule has 0 aromatic rings. The van der Waals surface area contributed by atoms with Crippen LogP contribution in [0.5, 0.6) is 0 Å². The average Bonchev–Trinajstić information content (AvgIpc) is 3.36. The summed E-state index contributed by atoms with van der Waals surface area (Å²) in [5.74, 6) is -0.386. The van der Waals surface area contributed by atoms with E-state index in [0.29, 0.717) is 19.4 Å². The second-order valence-electron chi connectivity index (χ2n) is 20.9. The molecule has 0 spiro atoms. The van der Waals surface area contributed by atoms with Crippen molar-refractivity contribution in [2.45, 2.75) is 335 Å². The number of carbonyl (C=O) groups excluding carboxylic acids is 2. The number of ether oxygens (including phenoxy) is 3. The molecular formula is C65H120O5. The summed E-state index contributed by atoms with van der Waals surface area (Å²) in [7, 11) is 0. The molecule has 0 aliphatic heterocycles. The van der Waals surface area contributed by atoms with Gasteiger partial charge in [0.2, 0.25) is 0 Å². The van der Waals surface area contributed by atoms with Crippen LogP contribution in [-0.2, 0) is 23.8 Å². The fraction of sp³-hybridized carbons (Fsp3) is 0.846. The summed E-state index contributed by atoms with van der Waals surface area (Å²) in [5, 5.41) is 0. The van der Waals surface area contributed by atoms with E-state index in [1.165, 1.54) is 238 Å². The summed E-state index contributed by atoms with van der Waals surface area (Å²) < 4.78 is 17.5. The van der Waals surface area contributed by atoms with E-state index in [4.69, 9.17) is 14.2 Å². The minimum absolute atomic E-state index is 0.0850. The Morgan fingerprint density at radius 1 is 0.329 bits per heavy atom. The molecule has 0 saturated heterocycles. The van der Waals surface area contributed by atoms with E-state index in [1.54, 1.807) is 0 Å². The van der Waals surface area contributed by atoms with E-state index >= 15 is 0 Å². The Hall–Kier alpha value is -2.14. The average molecular weight is 982 g/mol. The number of carbonyl (C=O) groups is 2. The molecule has 0 aromatic carbocycles. The second-order valence-corrected chi connectivity index (χ2v) is 20.9. The second kappa shape index (κ2) is 61.2. The van der Waals surface area contributed by atoms with Crippen LogP contribution in [-0.4, -0.2) is 37.9 Å². The maximum Gasteiger partial charge on any atom is 0.306 e. The van der Waals surface area contributed by atoms with Gasteiger partial charge in [0.1, 0.15) is 6.61 Å². The van der Waals surface area contributed by atoms with Crippen molar-refractivity contribution in [1.29, 1.82) is 0 Å². The molecule has 0 amide bonds. The molecule has 0 saturated carbocycles. The van der Waals surface area contributed by atoms with E-state index in [0.717, 1.165) is 57.8 Å². The molecule has 0 aliphatic carbocycles. The van der Waals surface area contributed by atoms with Gasteiger partial charge in [-0.1, -0.05) is 288 Å². The van der Waals surface area contributed by atoms with Crippen LogP contribution in [0.3, 0.4) is 0 Å². The fourth-order valence-electron chi connectivity index (χ4n) is 9.23. The molecule has 0 aliphatic rings. The van der Waals surface area contributed by atoms with Gasteiger partial charge < -0.3 is 14.2 Å². The standard InChI is InChI=1S/C65H120O5/c1-4-7-10-13-16-19-22-25-28-31-33-35-37-40-43-46-49-52-55-58-64(66)69-62-63(61-68-60-57-54-51-48-45-42-39-36-32-29-26-23-20-17-14-11-8-5-2)70-65(67)59-56-53-50-47-44-41-38-34-30-27-24-21-18-15-12-9-6-3/h8,11,17,20,26-27,29-30,63H,4-7,9-10,12-16,18-19,21-25,28,31-62H2,1-3H3/b11-8-,20-17-,29-26-,30-27-. The van der Waals surface area contributed by atoms with E-state index in [-0.39, 0.29) is 25.2 Å². The van der Waals surface area contributed by atoms with Gasteiger partial charge in [-0.2, -0.15) is 0 Å². The third-order valence-electron chi connectivity index (χ3n) is 13.8. The fourth-order valence-corrected chi connectivity index (χ4v) is 9.23. The van der Waals surface area contributed by atoms with E-state index in [1.807, 2.05) is 0 Å². The van der Waals surface area contributed by atoms with Gasteiger partial charge in [-0.3, -0.25) is 9.59 Å². The number of hydrogen-bond acceptors (Lipinski definition) is 5. The molecule has 0 aromatic heterocycles. The Kier molecular flexibility index (Phi) is 59.3. The SMILES string of the molecule is CC/C=C\C/C=C\C/C=C\CCCCCCCCCCOCC(COC(=O)CCCCCCCCCCCCCCCCCCCCC)OC(=O)CCCCCCCCC/C=C\CCCCCCCC. The highest BCUT2D eigenvalue weighted by atomic mass is 16.6. The summed E-state index contributed by atoms with van der Waals surface area (Å²) in [6.07, 6.45) is 77.2. The Morgan fingerprint density at radius 2 is 0.643 bits per heavy atom. The zero-order valence-electron chi connectivity index (χ0n) is 47.3. The molecule has 0 bridgehead atoms. The molecule has 70 heavy (non-hydrogen) atoms. The predicted molar refractivity (Wildman–Crippen MR) is 307 cm³/mol. The van der Waals surface area contributed by atoms with Crippen molar-refractivity contribution in [2.24, 2.45) is 0 Å². The van der Waals surface area contributed by atoms with E-state index in [9.17, 15) is 9.59 Å². The number of allylic oxidation sites excluding steroid dienone is 8. The third kappa shape index (κ3) is 58.4. The Balaban J connectivity index is 4.25. The predicted octanol–water partition coefficient (Wildman–Crippen LogP) is 21.5. The largest absolute Gasteiger partial charge is 0.462 e. The quantitative estimate of drug-likeness (QED) is 0.0345. The van der Waals surface area contributed by atoms with Crippen molar-refractivity contribution >= 4 is 11.9 Å².